The van der Waals surface area contributed by atoms with Crippen LogP contribution in [0.4, 0.5) is 0 Å². The van der Waals surface area contributed by atoms with Gasteiger partial charge in [-0.15, -0.1) is 0 Å². The molecule has 0 saturated carbocycles. The highest BCUT2D eigenvalue weighted by atomic mass is 16.5. The number of hydrogen-bond acceptors (Lipinski definition) is 11. The molecule has 0 spiro atoms. The summed E-state index contributed by atoms with van der Waals surface area (Å²) in [6, 6.07) is 2.60. The van der Waals surface area contributed by atoms with Crippen LogP contribution in [0, 0.1) is 0 Å². The zero-order valence-corrected chi connectivity index (χ0v) is 20.8. The molecule has 1 saturated heterocycles. The van der Waals surface area contributed by atoms with Crippen molar-refractivity contribution in [2.24, 2.45) is 0 Å². The van der Waals surface area contributed by atoms with E-state index >= 15 is 0 Å². The second-order valence-electron chi connectivity index (χ2n) is 9.55. The van der Waals surface area contributed by atoms with Gasteiger partial charge in [-0.25, -0.2) is 4.79 Å². The summed E-state index contributed by atoms with van der Waals surface area (Å²) in [5.41, 5.74) is -1.50. The largest absolute Gasteiger partial charge is 0.507 e. The Kier molecular flexibility index (Phi) is 7.22. The lowest BCUT2D eigenvalue weighted by Crippen LogP contribution is -2.50. The van der Waals surface area contributed by atoms with Crippen LogP contribution < -0.4 is 11.1 Å². The van der Waals surface area contributed by atoms with Gasteiger partial charge in [0.05, 0.1) is 54.3 Å². The highest BCUT2D eigenvalue weighted by Gasteiger charge is 2.40. The molecule has 0 aliphatic carbocycles. The fourth-order valence-corrected chi connectivity index (χ4v) is 5.09. The lowest BCUT2D eigenvalue weighted by Gasteiger charge is -2.41. The molecule has 2 aromatic rings. The number of nitrogens with zero attached hydrogens (tertiary/aromatic N) is 1. The second-order valence-corrected chi connectivity index (χ2v) is 9.55. The van der Waals surface area contributed by atoms with E-state index in [4.69, 9.17) is 13.9 Å². The number of esters is 1. The van der Waals surface area contributed by atoms with Crippen LogP contribution in [0.1, 0.15) is 61.9 Å². The third kappa shape index (κ3) is 4.41. The van der Waals surface area contributed by atoms with E-state index < -0.39 is 59.4 Å². The van der Waals surface area contributed by atoms with Crippen LogP contribution in [-0.4, -0.2) is 71.7 Å². The van der Waals surface area contributed by atoms with Crippen molar-refractivity contribution in [2.45, 2.75) is 69.4 Å². The van der Waals surface area contributed by atoms with Crippen molar-refractivity contribution in [3.05, 3.63) is 49.7 Å². The molecule has 196 valence electrons. The molecule has 11 nitrogen and oxygen atoms in total. The van der Waals surface area contributed by atoms with Crippen LogP contribution in [0.2, 0.25) is 0 Å². The summed E-state index contributed by atoms with van der Waals surface area (Å²) in [6.45, 7) is 3.25. The summed E-state index contributed by atoms with van der Waals surface area (Å²) < 4.78 is 21.7. The zero-order chi connectivity index (χ0) is 26.5. The third-order valence-corrected chi connectivity index (χ3v) is 7.09. The summed E-state index contributed by atoms with van der Waals surface area (Å²) in [7, 11) is 4.85. The number of aliphatic hydroxyl groups excluding tert-OH is 2. The summed E-state index contributed by atoms with van der Waals surface area (Å²) in [5, 5.41) is 32.1. The van der Waals surface area contributed by atoms with Crippen molar-refractivity contribution >= 4 is 16.7 Å². The maximum Gasteiger partial charge on any atom is 0.344 e. The first-order valence-corrected chi connectivity index (χ1v) is 11.7. The number of phenolic OH excluding ortho intramolecular Hbond substituents is 1. The van der Waals surface area contributed by atoms with Gasteiger partial charge < -0.3 is 38.8 Å². The number of likely N-dealkylation sites (N-methyl/N-ethyl adjacent to an activating group) is 1. The predicted octanol–water partition coefficient (Wildman–Crippen LogP) is 1.06. The number of rotatable bonds is 4. The van der Waals surface area contributed by atoms with Gasteiger partial charge >= 0.3 is 11.6 Å². The predicted molar refractivity (Wildman–Crippen MR) is 127 cm³/mol. The van der Waals surface area contributed by atoms with E-state index in [1.807, 2.05) is 19.0 Å². The number of phenols is 1. The summed E-state index contributed by atoms with van der Waals surface area (Å²) in [5.74, 6) is -1.39. The van der Waals surface area contributed by atoms with Gasteiger partial charge in [0.1, 0.15) is 23.7 Å². The van der Waals surface area contributed by atoms with Crippen molar-refractivity contribution in [3.63, 3.8) is 0 Å². The highest BCUT2D eigenvalue weighted by Crippen LogP contribution is 2.41. The molecule has 11 heteroatoms. The Bertz CT molecular complexity index is 1290. The summed E-state index contributed by atoms with van der Waals surface area (Å²) in [4.78, 5) is 40.3. The number of carbonyl (C=O) groups is 1. The van der Waals surface area contributed by atoms with Crippen LogP contribution in [-0.2, 0) is 19.0 Å². The minimum Gasteiger partial charge on any atom is -0.507 e. The monoisotopic (exact) mass is 505 g/mol. The van der Waals surface area contributed by atoms with E-state index in [0.717, 1.165) is 0 Å². The highest BCUT2D eigenvalue weighted by molar-refractivity contribution is 5.88. The Hall–Kier alpha value is -2.83. The van der Waals surface area contributed by atoms with Gasteiger partial charge in [-0.05, 0) is 40.4 Å². The standard InChI is InChI=1S/C25H31NO10/c1-10-18-23(31)19-13(25(32)36-24(18)22(30)16(34-10)9-17(27)33-5)7-6-12(21(19)29)15-8-14(26(3)4)20(28)11(2)35-15/h6-7,10-11,14-16,20,22,28-30H,8-9H2,1-5H3/t10-,11-,14-,15-,16-,20-,22+/m1/s1. The maximum absolute atomic E-state index is 13.7. The molecular formula is C25H31NO10. The van der Waals surface area contributed by atoms with Crippen molar-refractivity contribution in [1.29, 1.82) is 0 Å². The average Bonchev–Trinajstić information content (AvgIpc) is 2.93. The normalized spacial score (nSPS) is 30.3. The number of ether oxygens (including phenoxy) is 3. The van der Waals surface area contributed by atoms with Gasteiger partial charge in [0.15, 0.2) is 5.43 Å². The molecule has 36 heavy (non-hydrogen) atoms. The minimum atomic E-state index is -1.58. The lowest BCUT2D eigenvalue weighted by atomic mass is 9.90. The molecule has 1 aromatic carbocycles. The van der Waals surface area contributed by atoms with Crippen LogP contribution in [0.5, 0.6) is 5.75 Å². The Morgan fingerprint density at radius 3 is 2.50 bits per heavy atom. The Labute approximate surface area is 206 Å². The Morgan fingerprint density at radius 2 is 1.86 bits per heavy atom. The van der Waals surface area contributed by atoms with E-state index in [1.54, 1.807) is 6.92 Å². The van der Waals surface area contributed by atoms with Gasteiger partial charge in [0.25, 0.3) is 0 Å². The number of aliphatic hydroxyl groups is 2. The van der Waals surface area contributed by atoms with Crippen molar-refractivity contribution in [3.8, 4) is 5.75 Å². The molecule has 0 unspecified atom stereocenters. The van der Waals surface area contributed by atoms with Gasteiger partial charge in [0.2, 0.25) is 0 Å². The SMILES string of the molecule is COC(=O)C[C@H]1O[C@H](C)c2c(oc(=O)c3ccc([C@H]4C[C@@H](N(C)C)[C@H](O)[C@@H](C)O4)c(O)c3c2=O)[C@H]1O. The van der Waals surface area contributed by atoms with Crippen LogP contribution in [0.3, 0.4) is 0 Å². The van der Waals surface area contributed by atoms with Crippen molar-refractivity contribution in [2.75, 3.05) is 21.2 Å². The molecule has 0 radical (unpaired) electrons. The van der Waals surface area contributed by atoms with E-state index in [-0.39, 0.29) is 40.1 Å². The fourth-order valence-electron chi connectivity index (χ4n) is 5.09. The first kappa shape index (κ1) is 26.2. The third-order valence-electron chi connectivity index (χ3n) is 7.09. The topological polar surface area (TPSA) is 156 Å². The van der Waals surface area contributed by atoms with Crippen LogP contribution >= 0.6 is 0 Å². The molecule has 0 bridgehead atoms. The first-order chi connectivity index (χ1) is 17.0. The molecule has 7 atom stereocenters. The quantitative estimate of drug-likeness (QED) is 0.511. The zero-order valence-electron chi connectivity index (χ0n) is 20.8. The number of aromatic hydroxyl groups is 1. The van der Waals surface area contributed by atoms with Gasteiger partial charge in [-0.3, -0.25) is 9.59 Å². The van der Waals surface area contributed by atoms with E-state index in [2.05, 4.69) is 4.74 Å². The fraction of sp³-hybridized carbons (Fsp3) is 0.560. The molecular weight excluding hydrogens is 474 g/mol. The lowest BCUT2D eigenvalue weighted by molar-refractivity contribution is -0.153. The van der Waals surface area contributed by atoms with E-state index in [1.165, 1.54) is 26.2 Å². The minimum absolute atomic E-state index is 0.123. The summed E-state index contributed by atoms with van der Waals surface area (Å²) in [6.07, 6.45) is -5.55. The summed E-state index contributed by atoms with van der Waals surface area (Å²) >= 11 is 0. The second kappa shape index (κ2) is 9.91. The Morgan fingerprint density at radius 1 is 1.17 bits per heavy atom. The number of methoxy groups -OCH3 is 1. The van der Waals surface area contributed by atoms with Gasteiger partial charge in [0, 0.05) is 11.6 Å². The molecule has 3 heterocycles. The smallest absolute Gasteiger partial charge is 0.344 e. The van der Waals surface area contributed by atoms with Crippen LogP contribution in [0.25, 0.3) is 10.8 Å². The maximum atomic E-state index is 13.7. The molecule has 4 rings (SSSR count). The first-order valence-electron chi connectivity index (χ1n) is 11.7. The van der Waals surface area contributed by atoms with Gasteiger partial charge in [-0.1, -0.05) is 6.07 Å². The average molecular weight is 506 g/mol. The molecule has 3 N–H and O–H groups in total. The molecule has 2 aliphatic heterocycles. The van der Waals surface area contributed by atoms with E-state index in [9.17, 15) is 29.7 Å². The number of carbonyl (C=O) groups excluding carboxylic acids is 1. The molecule has 1 fully saturated rings. The van der Waals surface area contributed by atoms with Crippen LogP contribution in [0.15, 0.2) is 26.1 Å². The molecule has 0 amide bonds. The number of hydrogen-bond donors (Lipinski definition) is 3. The Balaban J connectivity index is 1.88. The van der Waals surface area contributed by atoms with Crippen molar-refractivity contribution in [1.82, 2.24) is 4.90 Å². The molecule has 1 aromatic heterocycles. The van der Waals surface area contributed by atoms with Crippen molar-refractivity contribution < 1.29 is 38.7 Å². The number of benzene rings is 1. The number of fused-ring (bicyclic) bond motifs is 2. The molecule has 2 aliphatic rings. The van der Waals surface area contributed by atoms with E-state index in [0.29, 0.717) is 6.42 Å². The van der Waals surface area contributed by atoms with Gasteiger partial charge in [-0.2, -0.15) is 0 Å².